The monoisotopic (exact) mass is 288 g/mol. The van der Waals surface area contributed by atoms with Crippen LogP contribution in [0.5, 0.6) is 0 Å². The SMILES string of the molecule is CCCc1cc(=O)n(C)c(SCc2cccc(C)c2)n1. The van der Waals surface area contributed by atoms with Crippen LogP contribution in [0, 0.1) is 6.92 Å². The first-order chi connectivity index (χ1) is 9.60. The summed E-state index contributed by atoms with van der Waals surface area (Å²) < 4.78 is 1.62. The Morgan fingerprint density at radius 3 is 2.80 bits per heavy atom. The second kappa shape index (κ2) is 6.75. The summed E-state index contributed by atoms with van der Waals surface area (Å²) in [6, 6.07) is 10.1. The molecule has 0 aliphatic heterocycles. The molecule has 0 atom stereocenters. The van der Waals surface area contributed by atoms with Gasteiger partial charge in [-0.1, -0.05) is 54.9 Å². The van der Waals surface area contributed by atoms with Gasteiger partial charge in [-0.2, -0.15) is 0 Å². The highest BCUT2D eigenvalue weighted by molar-refractivity contribution is 7.98. The number of rotatable bonds is 5. The fourth-order valence-electron chi connectivity index (χ4n) is 2.03. The molecular weight excluding hydrogens is 268 g/mol. The molecule has 0 saturated heterocycles. The number of nitrogens with zero attached hydrogens (tertiary/aromatic N) is 2. The normalized spacial score (nSPS) is 10.8. The smallest absolute Gasteiger partial charge is 0.254 e. The molecule has 1 aromatic heterocycles. The van der Waals surface area contributed by atoms with Gasteiger partial charge >= 0.3 is 0 Å². The fraction of sp³-hybridized carbons (Fsp3) is 0.375. The molecule has 2 rings (SSSR count). The highest BCUT2D eigenvalue weighted by atomic mass is 32.2. The molecule has 0 unspecified atom stereocenters. The van der Waals surface area contributed by atoms with Gasteiger partial charge in [0, 0.05) is 24.6 Å². The van der Waals surface area contributed by atoms with E-state index in [1.54, 1.807) is 29.4 Å². The maximum absolute atomic E-state index is 11.9. The van der Waals surface area contributed by atoms with Crippen molar-refractivity contribution >= 4 is 11.8 Å². The molecule has 0 fully saturated rings. The topological polar surface area (TPSA) is 34.9 Å². The lowest BCUT2D eigenvalue weighted by molar-refractivity contribution is 0.682. The minimum Gasteiger partial charge on any atom is -0.291 e. The van der Waals surface area contributed by atoms with E-state index in [-0.39, 0.29) is 5.56 Å². The van der Waals surface area contributed by atoms with Crippen LogP contribution in [0.1, 0.15) is 30.2 Å². The van der Waals surface area contributed by atoms with Crippen LogP contribution in [0.2, 0.25) is 0 Å². The molecule has 0 radical (unpaired) electrons. The van der Waals surface area contributed by atoms with Gasteiger partial charge in [0.15, 0.2) is 5.16 Å². The fourth-order valence-corrected chi connectivity index (χ4v) is 2.97. The van der Waals surface area contributed by atoms with E-state index in [0.717, 1.165) is 29.4 Å². The highest BCUT2D eigenvalue weighted by Gasteiger charge is 2.06. The van der Waals surface area contributed by atoms with Gasteiger partial charge in [0.25, 0.3) is 5.56 Å². The van der Waals surface area contributed by atoms with E-state index < -0.39 is 0 Å². The number of hydrogen-bond acceptors (Lipinski definition) is 3. The summed E-state index contributed by atoms with van der Waals surface area (Å²) in [7, 11) is 1.78. The van der Waals surface area contributed by atoms with Crippen molar-refractivity contribution in [2.75, 3.05) is 0 Å². The van der Waals surface area contributed by atoms with Gasteiger partial charge in [0.1, 0.15) is 0 Å². The van der Waals surface area contributed by atoms with Crippen LogP contribution in [-0.4, -0.2) is 9.55 Å². The Balaban J connectivity index is 2.18. The van der Waals surface area contributed by atoms with Crippen molar-refractivity contribution in [2.24, 2.45) is 7.05 Å². The van der Waals surface area contributed by atoms with Gasteiger partial charge < -0.3 is 0 Å². The van der Waals surface area contributed by atoms with Crippen molar-refractivity contribution in [3.63, 3.8) is 0 Å². The van der Waals surface area contributed by atoms with Gasteiger partial charge in [0.05, 0.1) is 0 Å². The summed E-state index contributed by atoms with van der Waals surface area (Å²) in [5, 5.41) is 0.794. The second-order valence-electron chi connectivity index (χ2n) is 4.96. The molecule has 0 N–H and O–H groups in total. The summed E-state index contributed by atoms with van der Waals surface area (Å²) in [5.74, 6) is 0.831. The third-order valence-electron chi connectivity index (χ3n) is 3.10. The summed E-state index contributed by atoms with van der Waals surface area (Å²) in [6.45, 7) is 4.18. The predicted molar refractivity (Wildman–Crippen MR) is 84.2 cm³/mol. The van der Waals surface area contributed by atoms with Crippen LogP contribution in [0.25, 0.3) is 0 Å². The zero-order valence-corrected chi connectivity index (χ0v) is 13.0. The van der Waals surface area contributed by atoms with E-state index in [1.165, 1.54) is 11.1 Å². The van der Waals surface area contributed by atoms with Crippen LogP contribution in [0.4, 0.5) is 0 Å². The van der Waals surface area contributed by atoms with Gasteiger partial charge in [-0.25, -0.2) is 4.98 Å². The Morgan fingerprint density at radius 2 is 2.10 bits per heavy atom. The molecule has 2 aromatic rings. The first-order valence-corrected chi connectivity index (χ1v) is 7.84. The quantitative estimate of drug-likeness (QED) is 0.625. The van der Waals surface area contributed by atoms with Crippen molar-refractivity contribution in [1.82, 2.24) is 9.55 Å². The molecule has 1 heterocycles. The van der Waals surface area contributed by atoms with Crippen LogP contribution in [0.3, 0.4) is 0 Å². The molecule has 20 heavy (non-hydrogen) atoms. The number of aromatic nitrogens is 2. The maximum atomic E-state index is 11.9. The summed E-state index contributed by atoms with van der Waals surface area (Å²) in [6.07, 6.45) is 1.86. The number of hydrogen-bond donors (Lipinski definition) is 0. The number of benzene rings is 1. The average molecular weight is 288 g/mol. The largest absolute Gasteiger partial charge is 0.291 e. The molecule has 4 heteroatoms. The summed E-state index contributed by atoms with van der Waals surface area (Å²) in [5.41, 5.74) is 3.42. The summed E-state index contributed by atoms with van der Waals surface area (Å²) in [4.78, 5) is 16.5. The lowest BCUT2D eigenvalue weighted by Gasteiger charge is -2.09. The standard InChI is InChI=1S/C16H20N2OS/c1-4-6-14-10-15(19)18(3)16(17-14)20-11-13-8-5-7-12(2)9-13/h5,7-10H,4,6,11H2,1-3H3. The predicted octanol–water partition coefficient (Wildman–Crippen LogP) is 3.33. The van der Waals surface area contributed by atoms with E-state index in [2.05, 4.69) is 43.1 Å². The van der Waals surface area contributed by atoms with E-state index in [1.807, 2.05) is 0 Å². The molecule has 0 amide bonds. The molecule has 0 saturated carbocycles. The molecule has 0 aliphatic rings. The Hall–Kier alpha value is -1.55. The third-order valence-corrected chi connectivity index (χ3v) is 4.20. The van der Waals surface area contributed by atoms with Crippen molar-refractivity contribution in [3.05, 3.63) is 57.5 Å². The van der Waals surface area contributed by atoms with E-state index in [4.69, 9.17) is 0 Å². The van der Waals surface area contributed by atoms with Crippen LogP contribution in [0.15, 0.2) is 40.3 Å². The lowest BCUT2D eigenvalue weighted by Crippen LogP contribution is -2.20. The first-order valence-electron chi connectivity index (χ1n) is 6.85. The minimum atomic E-state index is 0.0233. The van der Waals surface area contributed by atoms with Gasteiger partial charge in [-0.05, 0) is 18.9 Å². The molecule has 3 nitrogen and oxygen atoms in total. The van der Waals surface area contributed by atoms with E-state index in [0.29, 0.717) is 0 Å². The van der Waals surface area contributed by atoms with Gasteiger partial charge in [0.2, 0.25) is 0 Å². The van der Waals surface area contributed by atoms with Crippen LogP contribution >= 0.6 is 11.8 Å². The Morgan fingerprint density at radius 1 is 1.30 bits per heavy atom. The molecule has 0 spiro atoms. The van der Waals surface area contributed by atoms with Crippen molar-refractivity contribution in [2.45, 2.75) is 37.6 Å². The Labute approximate surface area is 124 Å². The second-order valence-corrected chi connectivity index (χ2v) is 5.90. The van der Waals surface area contributed by atoms with E-state index >= 15 is 0 Å². The minimum absolute atomic E-state index is 0.0233. The Kier molecular flexibility index (Phi) is 5.01. The number of thioether (sulfide) groups is 1. The van der Waals surface area contributed by atoms with Crippen LogP contribution < -0.4 is 5.56 Å². The number of aryl methyl sites for hydroxylation is 2. The molecule has 106 valence electrons. The Bertz CT molecular complexity index is 649. The van der Waals surface area contributed by atoms with Gasteiger partial charge in [-0.15, -0.1) is 0 Å². The van der Waals surface area contributed by atoms with Crippen molar-refractivity contribution in [3.8, 4) is 0 Å². The average Bonchev–Trinajstić information content (AvgIpc) is 2.41. The van der Waals surface area contributed by atoms with Crippen molar-refractivity contribution < 1.29 is 0 Å². The molecular formula is C16H20N2OS. The van der Waals surface area contributed by atoms with Crippen molar-refractivity contribution in [1.29, 1.82) is 0 Å². The molecule has 0 aliphatic carbocycles. The molecule has 1 aromatic carbocycles. The van der Waals surface area contributed by atoms with E-state index in [9.17, 15) is 4.79 Å². The molecule has 0 bridgehead atoms. The van der Waals surface area contributed by atoms with Crippen LogP contribution in [-0.2, 0) is 19.2 Å². The van der Waals surface area contributed by atoms with Gasteiger partial charge in [-0.3, -0.25) is 9.36 Å². The lowest BCUT2D eigenvalue weighted by atomic mass is 10.2. The highest BCUT2D eigenvalue weighted by Crippen LogP contribution is 2.20. The third kappa shape index (κ3) is 3.73. The first kappa shape index (κ1) is 14.9. The zero-order valence-electron chi connectivity index (χ0n) is 12.2. The maximum Gasteiger partial charge on any atom is 0.254 e. The zero-order chi connectivity index (χ0) is 14.5. The summed E-state index contributed by atoms with van der Waals surface area (Å²) >= 11 is 1.61.